The molecule has 3 heteroatoms. The van der Waals surface area contributed by atoms with Gasteiger partial charge in [0.25, 0.3) is 0 Å². The van der Waals surface area contributed by atoms with Gasteiger partial charge in [0.05, 0.1) is 12.0 Å². The van der Waals surface area contributed by atoms with Crippen LogP contribution in [0.2, 0.25) is 0 Å². The number of hydrogen-bond acceptors (Lipinski definition) is 2. The van der Waals surface area contributed by atoms with Gasteiger partial charge < -0.3 is 9.88 Å². The van der Waals surface area contributed by atoms with E-state index in [2.05, 4.69) is 31.1 Å². The Kier molecular flexibility index (Phi) is 2.52. The van der Waals surface area contributed by atoms with Crippen LogP contribution in [0.3, 0.4) is 0 Å². The lowest BCUT2D eigenvalue weighted by Crippen LogP contribution is -2.35. The van der Waals surface area contributed by atoms with E-state index in [4.69, 9.17) is 0 Å². The summed E-state index contributed by atoms with van der Waals surface area (Å²) >= 11 is 0. The molecule has 0 aromatic carbocycles. The number of aryl methyl sites for hydroxylation is 1. The van der Waals surface area contributed by atoms with Gasteiger partial charge in [0, 0.05) is 25.3 Å². The highest BCUT2D eigenvalue weighted by atomic mass is 15.1. The van der Waals surface area contributed by atoms with Crippen molar-refractivity contribution < 1.29 is 0 Å². The maximum Gasteiger partial charge on any atom is 0.0945 e. The van der Waals surface area contributed by atoms with Crippen LogP contribution in [0.1, 0.15) is 26.5 Å². The minimum atomic E-state index is 0.171. The Morgan fingerprint density at radius 3 is 2.58 bits per heavy atom. The standard InChI is InChI=1S/C9H17N3/c1-9(2,3)11-6-8-5-10-7-12(8)4/h5,7,11H,6H2,1-4H3. The number of imidazole rings is 1. The van der Waals surface area contributed by atoms with Crippen LogP contribution in [-0.2, 0) is 13.6 Å². The average molecular weight is 167 g/mol. The molecule has 0 unspecified atom stereocenters. The first-order valence-corrected chi connectivity index (χ1v) is 4.19. The van der Waals surface area contributed by atoms with Gasteiger partial charge in [-0.2, -0.15) is 0 Å². The normalized spacial score (nSPS) is 12.0. The Labute approximate surface area is 73.8 Å². The topological polar surface area (TPSA) is 29.9 Å². The summed E-state index contributed by atoms with van der Waals surface area (Å²) in [5, 5.41) is 3.40. The average Bonchev–Trinajstić information content (AvgIpc) is 2.29. The molecule has 0 aliphatic heterocycles. The van der Waals surface area contributed by atoms with Crippen LogP contribution in [0.5, 0.6) is 0 Å². The molecule has 1 N–H and O–H groups in total. The molecule has 0 saturated carbocycles. The fraction of sp³-hybridized carbons (Fsp3) is 0.667. The quantitative estimate of drug-likeness (QED) is 0.719. The number of nitrogens with zero attached hydrogens (tertiary/aromatic N) is 2. The van der Waals surface area contributed by atoms with Gasteiger partial charge >= 0.3 is 0 Å². The van der Waals surface area contributed by atoms with E-state index < -0.39 is 0 Å². The fourth-order valence-electron chi connectivity index (χ4n) is 0.911. The highest BCUT2D eigenvalue weighted by Gasteiger charge is 2.09. The van der Waals surface area contributed by atoms with E-state index in [0.29, 0.717) is 0 Å². The minimum Gasteiger partial charge on any atom is -0.337 e. The molecule has 1 heterocycles. The van der Waals surface area contributed by atoms with Crippen molar-refractivity contribution in [2.24, 2.45) is 7.05 Å². The first-order valence-electron chi connectivity index (χ1n) is 4.19. The lowest BCUT2D eigenvalue weighted by molar-refractivity contribution is 0.418. The number of rotatable bonds is 2. The Morgan fingerprint density at radius 2 is 2.17 bits per heavy atom. The summed E-state index contributed by atoms with van der Waals surface area (Å²) in [7, 11) is 2.01. The second-order valence-corrected chi connectivity index (χ2v) is 4.10. The van der Waals surface area contributed by atoms with Gasteiger partial charge in [0.1, 0.15) is 0 Å². The predicted octanol–water partition coefficient (Wildman–Crippen LogP) is 1.31. The van der Waals surface area contributed by atoms with Gasteiger partial charge in [-0.05, 0) is 20.8 Å². The van der Waals surface area contributed by atoms with E-state index in [1.54, 1.807) is 0 Å². The zero-order valence-electron chi connectivity index (χ0n) is 8.26. The Balaban J connectivity index is 2.49. The van der Waals surface area contributed by atoms with Crippen LogP contribution in [-0.4, -0.2) is 15.1 Å². The minimum absolute atomic E-state index is 0.171. The molecule has 0 amide bonds. The highest BCUT2D eigenvalue weighted by molar-refractivity contribution is 4.97. The van der Waals surface area contributed by atoms with Crippen molar-refractivity contribution in [3.63, 3.8) is 0 Å². The molecule has 0 spiro atoms. The van der Waals surface area contributed by atoms with Crippen LogP contribution >= 0.6 is 0 Å². The second kappa shape index (κ2) is 3.27. The first kappa shape index (κ1) is 9.26. The largest absolute Gasteiger partial charge is 0.337 e. The van der Waals surface area contributed by atoms with Crippen LogP contribution < -0.4 is 5.32 Å². The zero-order chi connectivity index (χ0) is 9.19. The third-order valence-electron chi connectivity index (χ3n) is 1.72. The lowest BCUT2D eigenvalue weighted by atomic mass is 10.1. The van der Waals surface area contributed by atoms with E-state index >= 15 is 0 Å². The molecule has 1 rings (SSSR count). The molecule has 68 valence electrons. The van der Waals surface area contributed by atoms with Crippen molar-refractivity contribution in [2.75, 3.05) is 0 Å². The van der Waals surface area contributed by atoms with E-state index in [-0.39, 0.29) is 5.54 Å². The first-order chi connectivity index (χ1) is 5.49. The van der Waals surface area contributed by atoms with E-state index in [0.717, 1.165) is 6.54 Å². The molecule has 12 heavy (non-hydrogen) atoms. The van der Waals surface area contributed by atoms with Gasteiger partial charge in [-0.1, -0.05) is 0 Å². The fourth-order valence-corrected chi connectivity index (χ4v) is 0.911. The summed E-state index contributed by atoms with van der Waals surface area (Å²) in [6.07, 6.45) is 3.71. The molecule has 0 aliphatic carbocycles. The molecule has 3 nitrogen and oxygen atoms in total. The van der Waals surface area contributed by atoms with Crippen LogP contribution in [0.4, 0.5) is 0 Å². The summed E-state index contributed by atoms with van der Waals surface area (Å²) in [5.41, 5.74) is 1.38. The molecule has 0 radical (unpaired) electrons. The number of nitrogens with one attached hydrogen (secondary N) is 1. The second-order valence-electron chi connectivity index (χ2n) is 4.10. The monoisotopic (exact) mass is 167 g/mol. The van der Waals surface area contributed by atoms with Crippen molar-refractivity contribution in [2.45, 2.75) is 32.9 Å². The summed E-state index contributed by atoms with van der Waals surface area (Å²) < 4.78 is 2.03. The maximum atomic E-state index is 4.05. The molecular formula is C9H17N3. The molecule has 0 saturated heterocycles. The van der Waals surface area contributed by atoms with Gasteiger partial charge in [-0.3, -0.25) is 0 Å². The summed E-state index contributed by atoms with van der Waals surface area (Å²) in [6.45, 7) is 7.34. The smallest absolute Gasteiger partial charge is 0.0945 e. The molecule has 0 atom stereocenters. The third kappa shape index (κ3) is 2.66. The van der Waals surface area contributed by atoms with Crippen LogP contribution in [0.25, 0.3) is 0 Å². The molecule has 1 aromatic heterocycles. The maximum absolute atomic E-state index is 4.05. The van der Waals surface area contributed by atoms with E-state index in [9.17, 15) is 0 Å². The van der Waals surface area contributed by atoms with Crippen molar-refractivity contribution in [1.82, 2.24) is 14.9 Å². The van der Waals surface area contributed by atoms with Crippen molar-refractivity contribution in [3.8, 4) is 0 Å². The van der Waals surface area contributed by atoms with Crippen LogP contribution in [0, 0.1) is 0 Å². The third-order valence-corrected chi connectivity index (χ3v) is 1.72. The van der Waals surface area contributed by atoms with E-state index in [1.807, 2.05) is 24.1 Å². The SMILES string of the molecule is Cn1cncc1CNC(C)(C)C. The van der Waals surface area contributed by atoms with E-state index in [1.165, 1.54) is 5.69 Å². The summed E-state index contributed by atoms with van der Waals surface area (Å²) in [4.78, 5) is 4.05. The lowest BCUT2D eigenvalue weighted by Gasteiger charge is -2.20. The molecule has 1 aromatic rings. The molecule has 0 fully saturated rings. The Bertz CT molecular complexity index is 245. The van der Waals surface area contributed by atoms with Crippen molar-refractivity contribution in [3.05, 3.63) is 18.2 Å². The van der Waals surface area contributed by atoms with Gasteiger partial charge in [-0.25, -0.2) is 4.98 Å². The summed E-state index contributed by atoms with van der Waals surface area (Å²) in [5.74, 6) is 0. The predicted molar refractivity (Wildman–Crippen MR) is 49.8 cm³/mol. The summed E-state index contributed by atoms with van der Waals surface area (Å²) in [6, 6.07) is 0. The Hall–Kier alpha value is -0.830. The number of aromatic nitrogens is 2. The molecule has 0 bridgehead atoms. The zero-order valence-corrected chi connectivity index (χ0v) is 8.26. The van der Waals surface area contributed by atoms with Crippen LogP contribution in [0.15, 0.2) is 12.5 Å². The van der Waals surface area contributed by atoms with Gasteiger partial charge in [0.15, 0.2) is 0 Å². The van der Waals surface area contributed by atoms with Gasteiger partial charge in [0.2, 0.25) is 0 Å². The molecular weight excluding hydrogens is 150 g/mol. The number of hydrogen-bond donors (Lipinski definition) is 1. The van der Waals surface area contributed by atoms with Gasteiger partial charge in [-0.15, -0.1) is 0 Å². The Morgan fingerprint density at radius 1 is 1.50 bits per heavy atom. The highest BCUT2D eigenvalue weighted by Crippen LogP contribution is 2.02. The van der Waals surface area contributed by atoms with Crippen molar-refractivity contribution >= 4 is 0 Å². The molecule has 0 aliphatic rings. The van der Waals surface area contributed by atoms with Crippen molar-refractivity contribution in [1.29, 1.82) is 0 Å².